The number of carboxylic acid groups (broad SMARTS) is 1. The molecule has 0 atom stereocenters. The summed E-state index contributed by atoms with van der Waals surface area (Å²) in [6.45, 7) is 1.67. The van der Waals surface area contributed by atoms with Crippen LogP contribution in [0.25, 0.3) is 33.1 Å². The van der Waals surface area contributed by atoms with Crippen LogP contribution in [0.1, 0.15) is 16.3 Å². The summed E-state index contributed by atoms with van der Waals surface area (Å²) in [5, 5.41) is 19.5. The summed E-state index contributed by atoms with van der Waals surface area (Å²) in [5.74, 6) is -0.892. The van der Waals surface area contributed by atoms with Crippen molar-refractivity contribution >= 4 is 27.9 Å². The standard InChI is InChI=1S/C19H12O6/c1-9-17(18(21)13-4-3-12(20)8-15(13)24-9)10-2-5-14-11(6-10)7-16(25-14)19(22)23/h2-8,20H,1H3,(H,22,23). The second kappa shape index (κ2) is 5.24. The number of hydrogen-bond donors (Lipinski definition) is 2. The highest BCUT2D eigenvalue weighted by Gasteiger charge is 2.16. The molecule has 0 saturated heterocycles. The summed E-state index contributed by atoms with van der Waals surface area (Å²) in [4.78, 5) is 23.9. The Morgan fingerprint density at radius 1 is 1.00 bits per heavy atom. The van der Waals surface area contributed by atoms with E-state index in [-0.39, 0.29) is 16.9 Å². The molecular formula is C19H12O6. The Morgan fingerprint density at radius 2 is 1.80 bits per heavy atom. The third kappa shape index (κ3) is 2.35. The van der Waals surface area contributed by atoms with Gasteiger partial charge in [-0.1, -0.05) is 6.07 Å². The van der Waals surface area contributed by atoms with Gasteiger partial charge in [0, 0.05) is 11.5 Å². The van der Waals surface area contributed by atoms with Crippen LogP contribution in [0.2, 0.25) is 0 Å². The Bertz CT molecular complexity index is 1210. The zero-order valence-corrected chi connectivity index (χ0v) is 13.1. The van der Waals surface area contributed by atoms with Gasteiger partial charge in [-0.2, -0.15) is 0 Å². The van der Waals surface area contributed by atoms with Gasteiger partial charge < -0.3 is 19.0 Å². The van der Waals surface area contributed by atoms with E-state index >= 15 is 0 Å². The lowest BCUT2D eigenvalue weighted by Crippen LogP contribution is -2.07. The molecule has 0 spiro atoms. The third-order valence-corrected chi connectivity index (χ3v) is 4.07. The number of benzene rings is 2. The number of phenols is 1. The molecule has 0 aliphatic carbocycles. The van der Waals surface area contributed by atoms with E-state index in [1.54, 1.807) is 25.1 Å². The fourth-order valence-corrected chi connectivity index (χ4v) is 2.93. The molecule has 0 bridgehead atoms. The Morgan fingerprint density at radius 3 is 2.56 bits per heavy atom. The van der Waals surface area contributed by atoms with E-state index in [9.17, 15) is 14.7 Å². The molecule has 124 valence electrons. The van der Waals surface area contributed by atoms with Gasteiger partial charge in [-0.3, -0.25) is 4.79 Å². The SMILES string of the molecule is Cc1oc2cc(O)ccc2c(=O)c1-c1ccc2oc(C(=O)O)cc2c1. The van der Waals surface area contributed by atoms with Crippen molar-refractivity contribution in [3.8, 4) is 16.9 Å². The number of rotatable bonds is 2. The Labute approximate surface area is 140 Å². The molecule has 4 rings (SSSR count). The number of carbonyl (C=O) groups is 1. The van der Waals surface area contributed by atoms with E-state index in [4.69, 9.17) is 13.9 Å². The topological polar surface area (TPSA) is 101 Å². The van der Waals surface area contributed by atoms with Gasteiger partial charge >= 0.3 is 5.97 Å². The number of aromatic hydroxyl groups is 1. The molecule has 2 heterocycles. The number of furan rings is 1. The Hall–Kier alpha value is -3.54. The average Bonchev–Trinajstić information content (AvgIpc) is 2.98. The van der Waals surface area contributed by atoms with Crippen LogP contribution >= 0.6 is 0 Å². The molecule has 0 amide bonds. The normalized spacial score (nSPS) is 11.2. The zero-order chi connectivity index (χ0) is 17.7. The van der Waals surface area contributed by atoms with E-state index < -0.39 is 5.97 Å². The summed E-state index contributed by atoms with van der Waals surface area (Å²) < 4.78 is 10.9. The molecule has 6 nitrogen and oxygen atoms in total. The highest BCUT2D eigenvalue weighted by molar-refractivity contribution is 5.93. The zero-order valence-electron chi connectivity index (χ0n) is 13.1. The lowest BCUT2D eigenvalue weighted by Gasteiger charge is -2.07. The van der Waals surface area contributed by atoms with Gasteiger partial charge in [0.2, 0.25) is 11.2 Å². The molecular weight excluding hydrogens is 324 g/mol. The maximum atomic E-state index is 12.9. The monoisotopic (exact) mass is 336 g/mol. The summed E-state index contributed by atoms with van der Waals surface area (Å²) in [6, 6.07) is 10.7. The molecule has 0 saturated carbocycles. The highest BCUT2D eigenvalue weighted by atomic mass is 16.4. The van der Waals surface area contributed by atoms with Gasteiger partial charge in [0.25, 0.3) is 0 Å². The highest BCUT2D eigenvalue weighted by Crippen LogP contribution is 2.29. The smallest absolute Gasteiger partial charge is 0.371 e. The third-order valence-electron chi connectivity index (χ3n) is 4.07. The van der Waals surface area contributed by atoms with Crippen molar-refractivity contribution < 1.29 is 23.8 Å². The second-order valence-corrected chi connectivity index (χ2v) is 5.71. The van der Waals surface area contributed by atoms with Crippen LogP contribution < -0.4 is 5.43 Å². The van der Waals surface area contributed by atoms with E-state index in [2.05, 4.69) is 0 Å². The molecule has 0 fully saturated rings. The number of phenolic OH excluding ortho intramolecular Hbond substituents is 1. The number of hydrogen-bond acceptors (Lipinski definition) is 5. The molecule has 2 aromatic heterocycles. The first kappa shape index (κ1) is 15.0. The molecule has 4 aromatic rings. The lowest BCUT2D eigenvalue weighted by molar-refractivity contribution is 0.0665. The van der Waals surface area contributed by atoms with Gasteiger partial charge in [-0.15, -0.1) is 0 Å². The fourth-order valence-electron chi connectivity index (χ4n) is 2.93. The predicted octanol–water partition coefficient (Wildman–Crippen LogP) is 3.92. The van der Waals surface area contributed by atoms with Crippen LogP contribution in [-0.4, -0.2) is 16.2 Å². The Kier molecular flexibility index (Phi) is 3.15. The second-order valence-electron chi connectivity index (χ2n) is 5.71. The predicted molar refractivity (Wildman–Crippen MR) is 91.1 cm³/mol. The van der Waals surface area contributed by atoms with Crippen molar-refractivity contribution in [3.05, 3.63) is 64.2 Å². The van der Waals surface area contributed by atoms with E-state index in [1.807, 2.05) is 0 Å². The van der Waals surface area contributed by atoms with Crippen molar-refractivity contribution in [1.29, 1.82) is 0 Å². The molecule has 0 radical (unpaired) electrons. The first-order chi connectivity index (χ1) is 11.9. The molecule has 6 heteroatoms. The van der Waals surface area contributed by atoms with Gasteiger partial charge in [-0.05, 0) is 42.8 Å². The average molecular weight is 336 g/mol. The minimum Gasteiger partial charge on any atom is -0.508 e. The van der Waals surface area contributed by atoms with Crippen LogP contribution in [0.3, 0.4) is 0 Å². The van der Waals surface area contributed by atoms with Crippen LogP contribution in [0.15, 0.2) is 56.1 Å². The van der Waals surface area contributed by atoms with Crippen molar-refractivity contribution in [1.82, 2.24) is 0 Å². The molecule has 25 heavy (non-hydrogen) atoms. The van der Waals surface area contributed by atoms with Gasteiger partial charge in [0.05, 0.1) is 10.9 Å². The molecule has 0 aliphatic heterocycles. The van der Waals surface area contributed by atoms with Crippen molar-refractivity contribution in [2.75, 3.05) is 0 Å². The van der Waals surface area contributed by atoms with E-state index in [1.165, 1.54) is 24.3 Å². The minimum absolute atomic E-state index is 0.0174. The quantitative estimate of drug-likeness (QED) is 0.575. The molecule has 2 N–H and O–H groups in total. The number of aryl methyl sites for hydroxylation is 1. The van der Waals surface area contributed by atoms with E-state index in [0.29, 0.717) is 38.8 Å². The van der Waals surface area contributed by atoms with Crippen molar-refractivity contribution in [2.45, 2.75) is 6.92 Å². The summed E-state index contributed by atoms with van der Waals surface area (Å²) in [6.07, 6.45) is 0. The number of aromatic carboxylic acids is 1. The first-order valence-corrected chi connectivity index (χ1v) is 7.48. The summed E-state index contributed by atoms with van der Waals surface area (Å²) in [7, 11) is 0. The van der Waals surface area contributed by atoms with E-state index in [0.717, 1.165) is 0 Å². The maximum Gasteiger partial charge on any atom is 0.371 e. The van der Waals surface area contributed by atoms with Crippen LogP contribution in [0.5, 0.6) is 5.75 Å². The van der Waals surface area contributed by atoms with Crippen molar-refractivity contribution in [2.24, 2.45) is 0 Å². The van der Waals surface area contributed by atoms with Gasteiger partial charge in [0.15, 0.2) is 0 Å². The van der Waals surface area contributed by atoms with Crippen LogP contribution in [0.4, 0.5) is 0 Å². The maximum absolute atomic E-state index is 12.9. The van der Waals surface area contributed by atoms with Crippen LogP contribution in [-0.2, 0) is 0 Å². The van der Waals surface area contributed by atoms with Crippen LogP contribution in [0, 0.1) is 6.92 Å². The molecule has 0 unspecified atom stereocenters. The number of fused-ring (bicyclic) bond motifs is 2. The summed E-state index contributed by atoms with van der Waals surface area (Å²) >= 11 is 0. The molecule has 0 aliphatic rings. The fraction of sp³-hybridized carbons (Fsp3) is 0.0526. The van der Waals surface area contributed by atoms with Gasteiger partial charge in [0.1, 0.15) is 22.7 Å². The largest absolute Gasteiger partial charge is 0.508 e. The molecule has 2 aromatic carbocycles. The van der Waals surface area contributed by atoms with Crippen molar-refractivity contribution in [3.63, 3.8) is 0 Å². The lowest BCUT2D eigenvalue weighted by atomic mass is 10.0. The summed E-state index contributed by atoms with van der Waals surface area (Å²) in [5.41, 5.74) is 1.50. The first-order valence-electron chi connectivity index (χ1n) is 7.48. The minimum atomic E-state index is -1.15. The number of carboxylic acids is 1. The van der Waals surface area contributed by atoms with Gasteiger partial charge in [-0.25, -0.2) is 4.79 Å². The Balaban J connectivity index is 1.97.